The van der Waals surface area contributed by atoms with E-state index in [0.29, 0.717) is 5.15 Å². The van der Waals surface area contributed by atoms with Crippen LogP contribution in [0.3, 0.4) is 0 Å². The molecule has 2 aromatic rings. The number of aryl methyl sites for hydroxylation is 1. The number of benzene rings is 1. The van der Waals surface area contributed by atoms with Gasteiger partial charge in [0.25, 0.3) is 0 Å². The summed E-state index contributed by atoms with van der Waals surface area (Å²) in [4.78, 5) is 8.57. The van der Waals surface area contributed by atoms with Gasteiger partial charge < -0.3 is 0 Å². The number of rotatable bonds is 1. The Labute approximate surface area is 95.5 Å². The lowest BCUT2D eigenvalue weighted by Gasteiger charge is -2.02. The largest absolute Gasteiger partial charge is 0.233 e. The lowest BCUT2D eigenvalue weighted by molar-refractivity contribution is 0.961. The third-order valence-electron chi connectivity index (χ3n) is 1.97. The maximum atomic E-state index is 6.04. The van der Waals surface area contributed by atoms with Crippen LogP contribution >= 0.6 is 27.5 Å². The van der Waals surface area contributed by atoms with Crippen molar-refractivity contribution in [1.82, 2.24) is 9.97 Å². The first kappa shape index (κ1) is 9.87. The molecule has 0 aliphatic heterocycles. The van der Waals surface area contributed by atoms with Gasteiger partial charge in [-0.05, 0) is 18.2 Å². The van der Waals surface area contributed by atoms with Crippen LogP contribution in [0.4, 0.5) is 0 Å². The van der Waals surface area contributed by atoms with Crippen molar-refractivity contribution in [1.29, 1.82) is 0 Å². The number of nitrogens with zero attached hydrogens (tertiary/aromatic N) is 2. The molecule has 0 aliphatic rings. The molecule has 72 valence electrons. The van der Waals surface area contributed by atoms with Crippen LogP contribution in [-0.4, -0.2) is 9.97 Å². The molecule has 0 saturated carbocycles. The Bertz CT molecular complexity index is 485. The van der Waals surface area contributed by atoms with Gasteiger partial charge in [0.2, 0.25) is 0 Å². The summed E-state index contributed by atoms with van der Waals surface area (Å²) in [7, 11) is 0. The van der Waals surface area contributed by atoms with Gasteiger partial charge in [-0.15, -0.1) is 0 Å². The van der Waals surface area contributed by atoms with Crippen molar-refractivity contribution in [2.75, 3.05) is 0 Å². The van der Waals surface area contributed by atoms with Crippen molar-refractivity contribution in [2.24, 2.45) is 0 Å². The second-order valence-corrected chi connectivity index (χ2v) is 4.22. The minimum Gasteiger partial charge on any atom is -0.233 e. The smallest absolute Gasteiger partial charge is 0.140 e. The number of halogens is 2. The average molecular weight is 272 g/mol. The van der Waals surface area contributed by atoms with E-state index in [1.165, 1.54) is 0 Å². The maximum Gasteiger partial charge on any atom is 0.140 e. The van der Waals surface area contributed by atoms with E-state index < -0.39 is 0 Å². The van der Waals surface area contributed by atoms with Crippen molar-refractivity contribution in [3.63, 3.8) is 0 Å². The number of hydrogen-bond acceptors (Lipinski definition) is 2. The first-order chi connectivity index (χ1) is 6.70. The van der Waals surface area contributed by atoms with Crippen LogP contribution in [-0.2, 0) is 6.42 Å². The highest BCUT2D eigenvalue weighted by Crippen LogP contribution is 2.24. The van der Waals surface area contributed by atoms with E-state index in [-0.39, 0.29) is 0 Å². The van der Waals surface area contributed by atoms with E-state index in [9.17, 15) is 0 Å². The van der Waals surface area contributed by atoms with Crippen molar-refractivity contribution < 1.29 is 0 Å². The molecule has 0 aliphatic carbocycles. The Hall–Kier alpha value is -0.670. The van der Waals surface area contributed by atoms with E-state index in [1.54, 1.807) is 0 Å². The summed E-state index contributed by atoms with van der Waals surface area (Å²) >= 11 is 9.43. The van der Waals surface area contributed by atoms with E-state index >= 15 is 0 Å². The minimum atomic E-state index is 0.521. The summed E-state index contributed by atoms with van der Waals surface area (Å²) < 4.78 is 0.986. The Balaban J connectivity index is 2.76. The Morgan fingerprint density at radius 1 is 1.36 bits per heavy atom. The van der Waals surface area contributed by atoms with Crippen LogP contribution in [0.5, 0.6) is 0 Å². The second-order valence-electron chi connectivity index (χ2n) is 2.95. The maximum absolute atomic E-state index is 6.04. The van der Waals surface area contributed by atoms with Gasteiger partial charge in [-0.2, -0.15) is 0 Å². The van der Waals surface area contributed by atoms with Crippen LogP contribution in [0, 0.1) is 0 Å². The summed E-state index contributed by atoms with van der Waals surface area (Å²) in [6.45, 7) is 2.01. The molecule has 0 bridgehead atoms. The molecule has 0 saturated heterocycles. The summed E-state index contributed by atoms with van der Waals surface area (Å²) in [5, 5.41) is 1.41. The number of aromatic nitrogens is 2. The molecule has 0 unspecified atom stereocenters. The first-order valence-corrected chi connectivity index (χ1v) is 5.49. The van der Waals surface area contributed by atoms with E-state index in [2.05, 4.69) is 25.9 Å². The highest BCUT2D eigenvalue weighted by Gasteiger charge is 2.04. The van der Waals surface area contributed by atoms with Crippen LogP contribution in [0.15, 0.2) is 22.7 Å². The fraction of sp³-hybridized carbons (Fsp3) is 0.200. The first-order valence-electron chi connectivity index (χ1n) is 4.32. The normalized spacial score (nSPS) is 10.8. The summed E-state index contributed by atoms with van der Waals surface area (Å²) in [6.07, 6.45) is 0.797. The predicted molar refractivity (Wildman–Crippen MR) is 61.6 cm³/mol. The average Bonchev–Trinajstić information content (AvgIpc) is 2.19. The molecule has 4 heteroatoms. The van der Waals surface area contributed by atoms with Crippen molar-refractivity contribution in [3.05, 3.63) is 33.6 Å². The molecule has 0 radical (unpaired) electrons. The molecule has 0 N–H and O–H groups in total. The highest BCUT2D eigenvalue weighted by atomic mass is 79.9. The van der Waals surface area contributed by atoms with Crippen molar-refractivity contribution in [2.45, 2.75) is 13.3 Å². The quantitative estimate of drug-likeness (QED) is 0.741. The fourth-order valence-electron chi connectivity index (χ4n) is 1.27. The topological polar surface area (TPSA) is 25.8 Å². The SMILES string of the molecule is CCc1nc(Cl)c2cc(Br)ccc2n1. The second kappa shape index (κ2) is 3.83. The number of hydrogen-bond donors (Lipinski definition) is 0. The van der Waals surface area contributed by atoms with Crippen LogP contribution in [0.25, 0.3) is 10.9 Å². The molecular formula is C10H8BrClN2. The Morgan fingerprint density at radius 3 is 2.86 bits per heavy atom. The zero-order valence-corrected chi connectivity index (χ0v) is 9.93. The molecule has 1 heterocycles. The zero-order valence-electron chi connectivity index (χ0n) is 7.59. The summed E-state index contributed by atoms with van der Waals surface area (Å²) in [6, 6.07) is 5.81. The Kier molecular flexibility index (Phi) is 2.70. The molecule has 0 fully saturated rings. The lowest BCUT2D eigenvalue weighted by atomic mass is 10.2. The van der Waals surface area contributed by atoms with Crippen LogP contribution in [0.1, 0.15) is 12.7 Å². The third kappa shape index (κ3) is 1.74. The molecular weight excluding hydrogens is 263 g/mol. The van der Waals surface area contributed by atoms with E-state index in [1.807, 2.05) is 25.1 Å². The van der Waals surface area contributed by atoms with Gasteiger partial charge in [-0.1, -0.05) is 34.5 Å². The Morgan fingerprint density at radius 2 is 2.14 bits per heavy atom. The molecule has 1 aromatic carbocycles. The van der Waals surface area contributed by atoms with Crippen LogP contribution < -0.4 is 0 Å². The lowest BCUT2D eigenvalue weighted by Crippen LogP contribution is -1.94. The van der Waals surface area contributed by atoms with Gasteiger partial charge in [-0.3, -0.25) is 0 Å². The fourth-order valence-corrected chi connectivity index (χ4v) is 1.88. The summed E-state index contributed by atoms with van der Waals surface area (Å²) in [5.74, 6) is 0.782. The van der Waals surface area contributed by atoms with Gasteiger partial charge in [0.1, 0.15) is 11.0 Å². The monoisotopic (exact) mass is 270 g/mol. The van der Waals surface area contributed by atoms with Gasteiger partial charge in [-0.25, -0.2) is 9.97 Å². The third-order valence-corrected chi connectivity index (χ3v) is 2.76. The van der Waals surface area contributed by atoms with E-state index in [0.717, 1.165) is 27.6 Å². The predicted octanol–water partition coefficient (Wildman–Crippen LogP) is 3.61. The van der Waals surface area contributed by atoms with Gasteiger partial charge in [0.05, 0.1) is 5.52 Å². The standard InChI is InChI=1S/C10H8BrClN2/c1-2-9-13-8-4-3-6(11)5-7(8)10(12)14-9/h3-5H,2H2,1H3. The molecule has 0 atom stereocenters. The molecule has 2 nitrogen and oxygen atoms in total. The highest BCUT2D eigenvalue weighted by molar-refractivity contribution is 9.10. The zero-order chi connectivity index (χ0) is 10.1. The molecule has 0 spiro atoms. The van der Waals surface area contributed by atoms with Crippen molar-refractivity contribution >= 4 is 38.4 Å². The van der Waals surface area contributed by atoms with Gasteiger partial charge >= 0.3 is 0 Å². The van der Waals surface area contributed by atoms with Gasteiger partial charge in [0.15, 0.2) is 0 Å². The molecule has 2 rings (SSSR count). The number of fused-ring (bicyclic) bond motifs is 1. The molecule has 1 aromatic heterocycles. The van der Waals surface area contributed by atoms with Crippen LogP contribution in [0.2, 0.25) is 5.15 Å². The molecule has 14 heavy (non-hydrogen) atoms. The van der Waals surface area contributed by atoms with E-state index in [4.69, 9.17) is 11.6 Å². The minimum absolute atomic E-state index is 0.521. The molecule has 0 amide bonds. The van der Waals surface area contributed by atoms with Crippen molar-refractivity contribution in [3.8, 4) is 0 Å². The van der Waals surface area contributed by atoms with Gasteiger partial charge in [0, 0.05) is 16.3 Å². The summed E-state index contributed by atoms with van der Waals surface area (Å²) in [5.41, 5.74) is 0.894.